The maximum atomic E-state index is 13.1. The van der Waals surface area contributed by atoms with E-state index in [0.29, 0.717) is 0 Å². The van der Waals surface area contributed by atoms with Gasteiger partial charge in [-0.2, -0.15) is 0 Å². The molecule has 0 unspecified atom stereocenters. The van der Waals surface area contributed by atoms with Gasteiger partial charge in [0, 0.05) is 23.1 Å². The fraction of sp³-hybridized carbons (Fsp3) is 0.286. The molecule has 1 aliphatic heterocycles. The Bertz CT molecular complexity index is 979. The number of benzene rings is 2. The van der Waals surface area contributed by atoms with E-state index in [2.05, 4.69) is 51.0 Å². The summed E-state index contributed by atoms with van der Waals surface area (Å²) in [7, 11) is 4.18. The first-order chi connectivity index (χ1) is 11.5. The lowest BCUT2D eigenvalue weighted by atomic mass is 9.98. The summed E-state index contributed by atoms with van der Waals surface area (Å²) in [5, 5.41) is 1.22. The minimum atomic E-state index is 0.107. The fourth-order valence-corrected chi connectivity index (χ4v) is 3.78. The molecule has 0 amide bonds. The van der Waals surface area contributed by atoms with Crippen LogP contribution in [0.15, 0.2) is 36.4 Å². The predicted octanol–water partition coefficient (Wildman–Crippen LogP) is 4.03. The largest absolute Gasteiger partial charge is 0.309 e. The van der Waals surface area contributed by atoms with Crippen LogP contribution in [0.1, 0.15) is 27.0 Å². The van der Waals surface area contributed by atoms with E-state index in [0.717, 1.165) is 35.3 Å². The van der Waals surface area contributed by atoms with Crippen molar-refractivity contribution < 1.29 is 4.79 Å². The first kappa shape index (κ1) is 15.2. The Morgan fingerprint density at radius 1 is 1.00 bits per heavy atom. The molecule has 3 heteroatoms. The van der Waals surface area contributed by atoms with Gasteiger partial charge in [0.05, 0.1) is 11.2 Å². The number of hydrogen-bond donors (Lipinski definition) is 0. The molecule has 2 heterocycles. The molecule has 0 spiro atoms. The topological polar surface area (TPSA) is 25.2 Å². The van der Waals surface area contributed by atoms with Crippen molar-refractivity contribution in [2.45, 2.75) is 20.3 Å². The van der Waals surface area contributed by atoms with Gasteiger partial charge in [0.2, 0.25) is 0 Å². The second kappa shape index (κ2) is 5.32. The molecule has 24 heavy (non-hydrogen) atoms. The van der Waals surface area contributed by atoms with E-state index in [4.69, 9.17) is 0 Å². The fourth-order valence-electron chi connectivity index (χ4n) is 3.78. The number of likely N-dealkylation sites (N-methyl/N-ethyl adjacent to an activating group) is 1. The van der Waals surface area contributed by atoms with Crippen molar-refractivity contribution in [2.24, 2.45) is 0 Å². The molecule has 3 aromatic rings. The van der Waals surface area contributed by atoms with Crippen LogP contribution >= 0.6 is 0 Å². The molecule has 4 rings (SSSR count). The number of hydrogen-bond acceptors (Lipinski definition) is 2. The lowest BCUT2D eigenvalue weighted by Gasteiger charge is -2.10. The van der Waals surface area contributed by atoms with E-state index < -0.39 is 0 Å². The van der Waals surface area contributed by atoms with Crippen LogP contribution in [0.5, 0.6) is 0 Å². The van der Waals surface area contributed by atoms with Gasteiger partial charge in [-0.25, -0.2) is 0 Å². The van der Waals surface area contributed by atoms with Crippen molar-refractivity contribution >= 4 is 16.8 Å². The molecule has 0 radical (unpaired) electrons. The molecule has 0 saturated carbocycles. The van der Waals surface area contributed by atoms with Crippen LogP contribution < -0.4 is 0 Å². The number of rotatable bonds is 3. The second-order valence-electron chi connectivity index (χ2n) is 6.97. The first-order valence-electron chi connectivity index (χ1n) is 8.43. The van der Waals surface area contributed by atoms with Gasteiger partial charge in [0.1, 0.15) is 0 Å². The zero-order chi connectivity index (χ0) is 17.0. The van der Waals surface area contributed by atoms with E-state index in [9.17, 15) is 4.79 Å². The third-order valence-electron chi connectivity index (χ3n) is 5.18. The second-order valence-corrected chi connectivity index (χ2v) is 6.97. The lowest BCUT2D eigenvalue weighted by molar-refractivity contribution is 0.0973. The van der Waals surface area contributed by atoms with Crippen LogP contribution in [0.4, 0.5) is 0 Å². The smallest absolute Gasteiger partial charge is 0.263 e. The Balaban J connectivity index is 2.09. The minimum absolute atomic E-state index is 0.107. The van der Waals surface area contributed by atoms with Gasteiger partial charge in [-0.1, -0.05) is 30.3 Å². The van der Waals surface area contributed by atoms with Gasteiger partial charge >= 0.3 is 0 Å². The third kappa shape index (κ3) is 1.98. The number of fused-ring (bicyclic) bond motifs is 5. The Hall–Kier alpha value is -2.39. The maximum Gasteiger partial charge on any atom is 0.263 e. The van der Waals surface area contributed by atoms with Crippen LogP contribution in [0.25, 0.3) is 22.2 Å². The summed E-state index contributed by atoms with van der Waals surface area (Å²) in [6.07, 6.45) is 0.940. The number of aromatic nitrogens is 1. The third-order valence-corrected chi connectivity index (χ3v) is 5.18. The van der Waals surface area contributed by atoms with Gasteiger partial charge in [0.25, 0.3) is 5.91 Å². The summed E-state index contributed by atoms with van der Waals surface area (Å²) in [5.41, 5.74) is 7.80. The van der Waals surface area contributed by atoms with Crippen molar-refractivity contribution in [1.29, 1.82) is 0 Å². The standard InChI is InChI=1S/C21H22N2O/c1-13-9-10-16-17(11-12-22(3)4)20-15-7-5-6-8-18(15)21(24)23(20)19(16)14(13)2/h5-10H,11-12H2,1-4H3. The molecule has 0 aliphatic carbocycles. The molecule has 0 fully saturated rings. The zero-order valence-electron chi connectivity index (χ0n) is 14.7. The van der Waals surface area contributed by atoms with Gasteiger partial charge in [0.15, 0.2) is 0 Å². The molecule has 122 valence electrons. The average Bonchev–Trinajstić information content (AvgIpc) is 3.04. The first-order valence-corrected chi connectivity index (χ1v) is 8.43. The highest BCUT2D eigenvalue weighted by molar-refractivity contribution is 6.16. The van der Waals surface area contributed by atoms with Crippen LogP contribution in [0.2, 0.25) is 0 Å². The monoisotopic (exact) mass is 318 g/mol. The summed E-state index contributed by atoms with van der Waals surface area (Å²) in [6, 6.07) is 12.3. The molecule has 3 nitrogen and oxygen atoms in total. The van der Waals surface area contributed by atoms with Crippen molar-refractivity contribution in [3.05, 3.63) is 58.7 Å². The summed E-state index contributed by atoms with van der Waals surface area (Å²) in [4.78, 5) is 15.3. The Morgan fingerprint density at radius 2 is 1.71 bits per heavy atom. The van der Waals surface area contributed by atoms with Crippen LogP contribution in [0.3, 0.4) is 0 Å². The average molecular weight is 318 g/mol. The summed E-state index contributed by atoms with van der Waals surface area (Å²) >= 11 is 0. The summed E-state index contributed by atoms with van der Waals surface area (Å²) < 4.78 is 1.95. The molecular formula is C21H22N2O. The van der Waals surface area contributed by atoms with Crippen molar-refractivity contribution in [3.63, 3.8) is 0 Å². The quantitative estimate of drug-likeness (QED) is 0.570. The molecular weight excluding hydrogens is 296 g/mol. The molecule has 2 aromatic carbocycles. The predicted molar refractivity (Wildman–Crippen MR) is 98.8 cm³/mol. The van der Waals surface area contributed by atoms with E-state index in [1.807, 2.05) is 22.8 Å². The summed E-state index contributed by atoms with van der Waals surface area (Å²) in [6.45, 7) is 5.20. The van der Waals surface area contributed by atoms with Crippen LogP contribution in [0, 0.1) is 13.8 Å². The minimum Gasteiger partial charge on any atom is -0.309 e. The molecule has 0 saturated heterocycles. The number of aryl methyl sites for hydroxylation is 2. The summed E-state index contributed by atoms with van der Waals surface area (Å²) in [5.74, 6) is 0.107. The Kier molecular flexibility index (Phi) is 3.36. The molecule has 0 bridgehead atoms. The van der Waals surface area contributed by atoms with Crippen LogP contribution in [-0.4, -0.2) is 36.0 Å². The number of nitrogens with zero attached hydrogens (tertiary/aromatic N) is 2. The SMILES string of the molecule is Cc1ccc2c(CCN(C)C)c3n(c2c1C)C(=O)c1ccccc1-3. The van der Waals surface area contributed by atoms with Crippen molar-refractivity contribution in [1.82, 2.24) is 9.47 Å². The van der Waals surface area contributed by atoms with E-state index in [1.54, 1.807) is 0 Å². The lowest BCUT2D eigenvalue weighted by Crippen LogP contribution is -2.15. The van der Waals surface area contributed by atoms with Crippen molar-refractivity contribution in [3.8, 4) is 11.3 Å². The zero-order valence-corrected chi connectivity index (χ0v) is 14.7. The van der Waals surface area contributed by atoms with Gasteiger partial charge in [-0.05, 0) is 57.1 Å². The van der Waals surface area contributed by atoms with E-state index >= 15 is 0 Å². The van der Waals surface area contributed by atoms with E-state index in [1.165, 1.54) is 22.1 Å². The number of carbonyl (C=O) groups is 1. The van der Waals surface area contributed by atoms with Gasteiger partial charge < -0.3 is 4.90 Å². The highest BCUT2D eigenvalue weighted by Gasteiger charge is 2.32. The highest BCUT2D eigenvalue weighted by Crippen LogP contribution is 2.42. The number of carbonyl (C=O) groups excluding carboxylic acids is 1. The normalized spacial score (nSPS) is 13.0. The maximum absolute atomic E-state index is 13.1. The highest BCUT2D eigenvalue weighted by atomic mass is 16.2. The Labute approximate surface area is 142 Å². The molecule has 0 N–H and O–H groups in total. The van der Waals surface area contributed by atoms with Crippen LogP contribution in [-0.2, 0) is 6.42 Å². The van der Waals surface area contributed by atoms with Gasteiger partial charge in [-0.15, -0.1) is 0 Å². The molecule has 0 atom stereocenters. The van der Waals surface area contributed by atoms with Gasteiger partial charge in [-0.3, -0.25) is 9.36 Å². The Morgan fingerprint density at radius 3 is 2.42 bits per heavy atom. The van der Waals surface area contributed by atoms with E-state index in [-0.39, 0.29) is 5.91 Å². The molecule has 1 aromatic heterocycles. The molecule has 1 aliphatic rings. The van der Waals surface area contributed by atoms with Crippen molar-refractivity contribution in [2.75, 3.05) is 20.6 Å².